The molecule has 6 heteroatoms. The van der Waals surface area contributed by atoms with Gasteiger partial charge in [0.1, 0.15) is 0 Å². The Bertz CT molecular complexity index is 333. The van der Waals surface area contributed by atoms with Crippen LogP contribution in [-0.4, -0.2) is 35.4 Å². The quantitative estimate of drug-likeness (QED) is 0.628. The van der Waals surface area contributed by atoms with Crippen LogP contribution in [-0.2, 0) is 14.4 Å². The van der Waals surface area contributed by atoms with Crippen molar-refractivity contribution in [1.29, 1.82) is 0 Å². The lowest BCUT2D eigenvalue weighted by Crippen LogP contribution is -2.46. The summed E-state index contributed by atoms with van der Waals surface area (Å²) in [6, 6.07) is -0.744. The molecule has 2 atom stereocenters. The van der Waals surface area contributed by atoms with E-state index in [4.69, 9.17) is 10.8 Å². The second-order valence-corrected chi connectivity index (χ2v) is 5.43. The van der Waals surface area contributed by atoms with Gasteiger partial charge in [-0.1, -0.05) is 20.8 Å². The van der Waals surface area contributed by atoms with E-state index in [1.54, 1.807) is 20.8 Å². The number of aliphatic carboxylic acids is 1. The number of rotatable bonds is 6. The van der Waals surface area contributed by atoms with Crippen LogP contribution < -0.4 is 11.1 Å². The molecule has 0 aliphatic carbocycles. The summed E-state index contributed by atoms with van der Waals surface area (Å²) in [5.74, 6) is -2.54. The van der Waals surface area contributed by atoms with Gasteiger partial charge in [0.25, 0.3) is 0 Å². The Hall–Kier alpha value is -1.43. The van der Waals surface area contributed by atoms with Crippen molar-refractivity contribution in [3.8, 4) is 0 Å². The van der Waals surface area contributed by atoms with E-state index in [0.29, 0.717) is 0 Å². The predicted octanol–water partition coefficient (Wildman–Crippen LogP) is 0.156. The maximum atomic E-state index is 11.7. The maximum absolute atomic E-state index is 11.7. The third-order valence-corrected chi connectivity index (χ3v) is 2.79. The first-order chi connectivity index (χ1) is 8.09. The minimum absolute atomic E-state index is 0.00826. The molecule has 0 bridgehead atoms. The first kappa shape index (κ1) is 16.6. The van der Waals surface area contributed by atoms with Crippen molar-refractivity contribution in [1.82, 2.24) is 5.32 Å². The standard InChI is InChI=1S/C12H22N2O4/c1-7(15)9(6-13)14-10(16)5-8(11(17)18)12(2,3)4/h8-9H,5-6,13H2,1-4H3,(H,14,16)(H,17,18). The van der Waals surface area contributed by atoms with Crippen molar-refractivity contribution in [2.75, 3.05) is 6.54 Å². The highest BCUT2D eigenvalue weighted by Gasteiger charge is 2.33. The molecule has 0 aromatic rings. The van der Waals surface area contributed by atoms with E-state index in [0.717, 1.165) is 0 Å². The van der Waals surface area contributed by atoms with E-state index in [9.17, 15) is 14.4 Å². The van der Waals surface area contributed by atoms with Crippen LogP contribution in [0.3, 0.4) is 0 Å². The number of Topliss-reactive ketones (excluding diaryl/α,β-unsaturated/α-hetero) is 1. The molecule has 0 rings (SSSR count). The van der Waals surface area contributed by atoms with Crippen LogP contribution in [0.15, 0.2) is 0 Å². The zero-order valence-corrected chi connectivity index (χ0v) is 11.3. The Morgan fingerprint density at radius 2 is 1.78 bits per heavy atom. The average molecular weight is 258 g/mol. The Morgan fingerprint density at radius 3 is 2.06 bits per heavy atom. The number of hydrogen-bond acceptors (Lipinski definition) is 4. The van der Waals surface area contributed by atoms with Crippen molar-refractivity contribution in [3.05, 3.63) is 0 Å². The molecular formula is C12H22N2O4. The zero-order valence-electron chi connectivity index (χ0n) is 11.3. The van der Waals surface area contributed by atoms with Crippen LogP contribution in [0, 0.1) is 11.3 Å². The van der Waals surface area contributed by atoms with Gasteiger partial charge < -0.3 is 16.2 Å². The van der Waals surface area contributed by atoms with Crippen LogP contribution in [0.25, 0.3) is 0 Å². The second kappa shape index (κ2) is 6.49. The summed E-state index contributed by atoms with van der Waals surface area (Å²) in [6.45, 7) is 6.60. The van der Waals surface area contributed by atoms with Gasteiger partial charge in [-0.25, -0.2) is 0 Å². The molecule has 6 nitrogen and oxygen atoms in total. The van der Waals surface area contributed by atoms with Crippen molar-refractivity contribution >= 4 is 17.7 Å². The lowest BCUT2D eigenvalue weighted by Gasteiger charge is -2.27. The molecule has 0 spiro atoms. The smallest absolute Gasteiger partial charge is 0.307 e. The third-order valence-electron chi connectivity index (χ3n) is 2.79. The summed E-state index contributed by atoms with van der Waals surface area (Å²) in [6.07, 6.45) is -0.164. The molecule has 2 unspecified atom stereocenters. The predicted molar refractivity (Wildman–Crippen MR) is 66.9 cm³/mol. The number of carboxylic acids is 1. The minimum atomic E-state index is -1.02. The molecule has 0 aromatic carbocycles. The first-order valence-corrected chi connectivity index (χ1v) is 5.82. The molecule has 0 heterocycles. The van der Waals surface area contributed by atoms with Gasteiger partial charge in [0.15, 0.2) is 5.78 Å². The zero-order chi connectivity index (χ0) is 14.5. The summed E-state index contributed by atoms with van der Waals surface area (Å²) < 4.78 is 0. The first-order valence-electron chi connectivity index (χ1n) is 5.82. The molecule has 0 saturated carbocycles. The van der Waals surface area contributed by atoms with Crippen LogP contribution in [0.4, 0.5) is 0 Å². The van der Waals surface area contributed by atoms with Crippen LogP contribution in [0.2, 0.25) is 0 Å². The maximum Gasteiger partial charge on any atom is 0.307 e. The third kappa shape index (κ3) is 5.27. The molecule has 0 aliphatic heterocycles. The fourth-order valence-electron chi connectivity index (χ4n) is 1.53. The van der Waals surface area contributed by atoms with E-state index in [2.05, 4.69) is 5.32 Å². The molecular weight excluding hydrogens is 236 g/mol. The summed E-state index contributed by atoms with van der Waals surface area (Å²) in [7, 11) is 0. The number of ketones is 1. The van der Waals surface area contributed by atoms with Gasteiger partial charge in [0.2, 0.25) is 5.91 Å². The lowest BCUT2D eigenvalue weighted by atomic mass is 9.78. The Kier molecular flexibility index (Phi) is 5.97. The molecule has 0 radical (unpaired) electrons. The highest BCUT2D eigenvalue weighted by molar-refractivity contribution is 5.89. The summed E-state index contributed by atoms with van der Waals surface area (Å²) in [5.41, 5.74) is 4.82. The van der Waals surface area contributed by atoms with Crippen molar-refractivity contribution < 1.29 is 19.5 Å². The second-order valence-electron chi connectivity index (χ2n) is 5.43. The summed E-state index contributed by atoms with van der Waals surface area (Å²) in [4.78, 5) is 33.9. The number of carboxylic acid groups (broad SMARTS) is 1. The Labute approximate surface area is 107 Å². The highest BCUT2D eigenvalue weighted by Crippen LogP contribution is 2.28. The molecule has 104 valence electrons. The fourth-order valence-corrected chi connectivity index (χ4v) is 1.53. The number of carbonyl (C=O) groups is 3. The van der Waals surface area contributed by atoms with E-state index < -0.39 is 29.3 Å². The van der Waals surface area contributed by atoms with Gasteiger partial charge in [-0.2, -0.15) is 0 Å². The van der Waals surface area contributed by atoms with Gasteiger partial charge in [-0.15, -0.1) is 0 Å². The van der Waals surface area contributed by atoms with Crippen molar-refractivity contribution in [2.45, 2.75) is 40.2 Å². The van der Waals surface area contributed by atoms with E-state index in [-0.39, 0.29) is 18.7 Å². The number of hydrogen-bond donors (Lipinski definition) is 3. The number of amides is 1. The summed E-state index contributed by atoms with van der Waals surface area (Å²) in [5, 5.41) is 11.5. The molecule has 0 aliphatic rings. The molecule has 1 amide bonds. The lowest BCUT2D eigenvalue weighted by molar-refractivity contribution is -0.148. The van der Waals surface area contributed by atoms with Gasteiger partial charge in [0, 0.05) is 13.0 Å². The number of nitrogens with one attached hydrogen (secondary N) is 1. The minimum Gasteiger partial charge on any atom is -0.481 e. The topological polar surface area (TPSA) is 109 Å². The van der Waals surface area contributed by atoms with Crippen LogP contribution in [0.1, 0.15) is 34.1 Å². The van der Waals surface area contributed by atoms with Gasteiger partial charge in [-0.3, -0.25) is 14.4 Å². The van der Waals surface area contributed by atoms with Gasteiger partial charge in [-0.05, 0) is 12.3 Å². The number of carbonyl (C=O) groups excluding carboxylic acids is 2. The fraction of sp³-hybridized carbons (Fsp3) is 0.750. The largest absolute Gasteiger partial charge is 0.481 e. The van der Waals surface area contributed by atoms with Crippen molar-refractivity contribution in [3.63, 3.8) is 0 Å². The van der Waals surface area contributed by atoms with E-state index >= 15 is 0 Å². The van der Waals surface area contributed by atoms with Gasteiger partial charge >= 0.3 is 5.97 Å². The molecule has 4 N–H and O–H groups in total. The highest BCUT2D eigenvalue weighted by atomic mass is 16.4. The van der Waals surface area contributed by atoms with E-state index in [1.165, 1.54) is 6.92 Å². The summed E-state index contributed by atoms with van der Waals surface area (Å²) >= 11 is 0. The molecule has 0 saturated heterocycles. The van der Waals surface area contributed by atoms with Gasteiger partial charge in [0.05, 0.1) is 12.0 Å². The van der Waals surface area contributed by atoms with Crippen LogP contribution in [0.5, 0.6) is 0 Å². The SMILES string of the molecule is CC(=O)C(CN)NC(=O)CC(C(=O)O)C(C)(C)C. The normalized spacial score (nSPS) is 14.7. The molecule has 0 fully saturated rings. The Balaban J connectivity index is 4.63. The number of nitrogens with two attached hydrogens (primary N) is 1. The van der Waals surface area contributed by atoms with E-state index in [1.807, 2.05) is 0 Å². The monoisotopic (exact) mass is 258 g/mol. The Morgan fingerprint density at radius 1 is 1.28 bits per heavy atom. The van der Waals surface area contributed by atoms with Crippen LogP contribution >= 0.6 is 0 Å². The average Bonchev–Trinajstić information content (AvgIpc) is 2.19. The van der Waals surface area contributed by atoms with Crippen molar-refractivity contribution in [2.24, 2.45) is 17.1 Å². The molecule has 0 aromatic heterocycles. The molecule has 18 heavy (non-hydrogen) atoms.